The number of hydrogen-bond acceptors (Lipinski definition) is 4. The van der Waals surface area contributed by atoms with Crippen LogP contribution in [0.3, 0.4) is 0 Å². The lowest BCUT2D eigenvalue weighted by molar-refractivity contribution is 0.0817. The summed E-state index contributed by atoms with van der Waals surface area (Å²) in [4.78, 5) is 5.38. The van der Waals surface area contributed by atoms with Gasteiger partial charge in [0, 0.05) is 0 Å². The van der Waals surface area contributed by atoms with Gasteiger partial charge in [0.2, 0.25) is 0 Å². The fourth-order valence-electron chi connectivity index (χ4n) is 2.08. The number of hydrogen-bond donors (Lipinski definition) is 1. The summed E-state index contributed by atoms with van der Waals surface area (Å²) in [5.74, 6) is 0.891. The van der Waals surface area contributed by atoms with Crippen LogP contribution in [0.2, 0.25) is 0 Å². The third-order valence-electron chi connectivity index (χ3n) is 3.09. The smallest absolute Gasteiger partial charge is 0.140 e. The molecule has 0 fully saturated rings. The van der Waals surface area contributed by atoms with Gasteiger partial charge in [-0.3, -0.25) is 0 Å². The predicted octanol–water partition coefficient (Wildman–Crippen LogP) is 3.87. The Kier molecular flexibility index (Phi) is 4.16. The van der Waals surface area contributed by atoms with Gasteiger partial charge in [-0.2, -0.15) is 0 Å². The Bertz CT molecular complexity index is 611. The van der Waals surface area contributed by atoms with Crippen LogP contribution in [0.1, 0.15) is 40.6 Å². The predicted molar refractivity (Wildman–Crippen MR) is 82.3 cm³/mol. The van der Waals surface area contributed by atoms with Gasteiger partial charge >= 0.3 is 0 Å². The molecule has 0 radical (unpaired) electrons. The van der Waals surface area contributed by atoms with E-state index in [4.69, 9.17) is 4.74 Å². The summed E-state index contributed by atoms with van der Waals surface area (Å²) in [6.45, 7) is 10.00. The van der Waals surface area contributed by atoms with Crippen LogP contribution in [0.15, 0.2) is 18.2 Å². The molecule has 1 N–H and O–H groups in total. The van der Waals surface area contributed by atoms with Crippen molar-refractivity contribution in [2.24, 2.45) is 0 Å². The van der Waals surface area contributed by atoms with Gasteiger partial charge in [-0.05, 0) is 51.8 Å². The summed E-state index contributed by atoms with van der Waals surface area (Å²) in [6, 6.07) is 6.16. The molecule has 2 aromatic rings. The molecular formula is C16H21NO2S. The summed E-state index contributed by atoms with van der Waals surface area (Å²) in [6.07, 6.45) is 0. The fraction of sp³-hybridized carbons (Fsp3) is 0.438. The van der Waals surface area contributed by atoms with Crippen molar-refractivity contribution in [1.82, 2.24) is 4.98 Å². The highest BCUT2D eigenvalue weighted by molar-refractivity contribution is 7.11. The van der Waals surface area contributed by atoms with Gasteiger partial charge in [0.25, 0.3) is 0 Å². The molecule has 108 valence electrons. The summed E-state index contributed by atoms with van der Waals surface area (Å²) in [7, 11) is 0. The summed E-state index contributed by atoms with van der Waals surface area (Å²) in [5, 5.41) is 11.0. The minimum absolute atomic E-state index is 0.436. The van der Waals surface area contributed by atoms with E-state index >= 15 is 0 Å². The maximum atomic E-state index is 10.1. The molecule has 0 saturated heterocycles. The van der Waals surface area contributed by atoms with E-state index in [0.717, 1.165) is 26.9 Å². The molecule has 0 aliphatic heterocycles. The highest BCUT2D eigenvalue weighted by atomic mass is 32.1. The lowest BCUT2D eigenvalue weighted by Gasteiger charge is -2.15. The van der Waals surface area contributed by atoms with Gasteiger partial charge in [-0.15, -0.1) is 11.3 Å². The highest BCUT2D eigenvalue weighted by Crippen LogP contribution is 2.30. The van der Waals surface area contributed by atoms with Crippen molar-refractivity contribution in [3.05, 3.63) is 44.9 Å². The molecule has 0 unspecified atom stereocenters. The van der Waals surface area contributed by atoms with Crippen LogP contribution in [-0.2, 0) is 12.2 Å². The van der Waals surface area contributed by atoms with E-state index in [1.807, 2.05) is 26.8 Å². The van der Waals surface area contributed by atoms with Crippen LogP contribution in [0.25, 0.3) is 0 Å². The minimum Gasteiger partial charge on any atom is -0.486 e. The van der Waals surface area contributed by atoms with Crippen LogP contribution >= 0.6 is 11.3 Å². The molecule has 1 aromatic heterocycles. The Morgan fingerprint density at radius 2 is 1.95 bits per heavy atom. The first-order valence-corrected chi connectivity index (χ1v) is 7.48. The number of ether oxygens (including phenoxy) is 1. The molecule has 1 aromatic carbocycles. The standard InChI is InChI=1S/C16H21NO2S/c1-10-6-7-11(2)13(8-10)19-9-14-17-12(3)15(20-14)16(4,5)18/h6-8,18H,9H2,1-5H3. The molecule has 0 aliphatic carbocycles. The molecule has 3 nitrogen and oxygen atoms in total. The number of nitrogens with zero attached hydrogens (tertiary/aromatic N) is 1. The van der Waals surface area contributed by atoms with Crippen molar-refractivity contribution < 1.29 is 9.84 Å². The van der Waals surface area contributed by atoms with E-state index in [2.05, 4.69) is 17.1 Å². The largest absolute Gasteiger partial charge is 0.486 e. The summed E-state index contributed by atoms with van der Waals surface area (Å²) in [5.41, 5.74) is 2.32. The SMILES string of the molecule is Cc1ccc(C)c(OCc2nc(C)c(C(C)(C)O)s2)c1. The molecule has 0 spiro atoms. The minimum atomic E-state index is -0.848. The number of benzene rings is 1. The van der Waals surface area contributed by atoms with E-state index in [9.17, 15) is 5.11 Å². The topological polar surface area (TPSA) is 42.4 Å². The van der Waals surface area contributed by atoms with E-state index in [1.54, 1.807) is 13.8 Å². The third-order valence-corrected chi connectivity index (χ3v) is 4.54. The Morgan fingerprint density at radius 1 is 1.25 bits per heavy atom. The van der Waals surface area contributed by atoms with Crippen molar-refractivity contribution in [1.29, 1.82) is 0 Å². The van der Waals surface area contributed by atoms with Crippen LogP contribution < -0.4 is 4.74 Å². The number of aryl methyl sites for hydroxylation is 3. The van der Waals surface area contributed by atoms with Crippen LogP contribution in [0, 0.1) is 20.8 Å². The average molecular weight is 291 g/mol. The summed E-state index contributed by atoms with van der Waals surface area (Å²) >= 11 is 1.51. The van der Waals surface area contributed by atoms with Crippen molar-refractivity contribution in [3.8, 4) is 5.75 Å². The molecule has 0 bridgehead atoms. The Balaban J connectivity index is 2.14. The second-order valence-electron chi connectivity index (χ2n) is 5.64. The quantitative estimate of drug-likeness (QED) is 0.929. The van der Waals surface area contributed by atoms with Crippen molar-refractivity contribution in [2.75, 3.05) is 0 Å². The van der Waals surface area contributed by atoms with Gasteiger partial charge in [-0.25, -0.2) is 4.98 Å². The first-order chi connectivity index (χ1) is 9.27. The maximum absolute atomic E-state index is 10.1. The monoisotopic (exact) mass is 291 g/mol. The normalized spacial score (nSPS) is 11.7. The Labute approximate surface area is 124 Å². The second kappa shape index (κ2) is 5.54. The molecule has 0 amide bonds. The van der Waals surface area contributed by atoms with E-state index in [-0.39, 0.29) is 0 Å². The van der Waals surface area contributed by atoms with Gasteiger partial charge in [-0.1, -0.05) is 12.1 Å². The number of aliphatic hydroxyl groups is 1. The zero-order valence-electron chi connectivity index (χ0n) is 12.7. The molecule has 4 heteroatoms. The molecule has 0 atom stereocenters. The molecule has 20 heavy (non-hydrogen) atoms. The van der Waals surface area contributed by atoms with Gasteiger partial charge in [0.05, 0.1) is 16.2 Å². The summed E-state index contributed by atoms with van der Waals surface area (Å²) < 4.78 is 5.85. The lowest BCUT2D eigenvalue weighted by atomic mass is 10.1. The zero-order valence-corrected chi connectivity index (χ0v) is 13.5. The molecule has 2 rings (SSSR count). The van der Waals surface area contributed by atoms with E-state index < -0.39 is 5.60 Å². The number of rotatable bonds is 4. The first kappa shape index (κ1) is 15.0. The second-order valence-corrected chi connectivity index (χ2v) is 6.72. The van der Waals surface area contributed by atoms with Crippen molar-refractivity contribution in [2.45, 2.75) is 46.8 Å². The van der Waals surface area contributed by atoms with E-state index in [0.29, 0.717) is 6.61 Å². The molecule has 1 heterocycles. The van der Waals surface area contributed by atoms with Gasteiger partial charge in [0.15, 0.2) is 0 Å². The average Bonchev–Trinajstić information content (AvgIpc) is 2.72. The highest BCUT2D eigenvalue weighted by Gasteiger charge is 2.22. The van der Waals surface area contributed by atoms with Crippen LogP contribution in [0.5, 0.6) is 5.75 Å². The van der Waals surface area contributed by atoms with Crippen molar-refractivity contribution in [3.63, 3.8) is 0 Å². The van der Waals surface area contributed by atoms with E-state index in [1.165, 1.54) is 16.9 Å². The van der Waals surface area contributed by atoms with Gasteiger partial charge < -0.3 is 9.84 Å². The number of thiazole rings is 1. The molecular weight excluding hydrogens is 270 g/mol. The Hall–Kier alpha value is -1.39. The Morgan fingerprint density at radius 3 is 2.55 bits per heavy atom. The van der Waals surface area contributed by atoms with Crippen molar-refractivity contribution >= 4 is 11.3 Å². The lowest BCUT2D eigenvalue weighted by Crippen LogP contribution is -2.14. The maximum Gasteiger partial charge on any atom is 0.140 e. The third kappa shape index (κ3) is 3.38. The first-order valence-electron chi connectivity index (χ1n) is 6.66. The zero-order chi connectivity index (χ0) is 14.9. The fourth-order valence-corrected chi connectivity index (χ4v) is 3.06. The molecule has 0 saturated carbocycles. The van der Waals surface area contributed by atoms with Gasteiger partial charge in [0.1, 0.15) is 17.4 Å². The number of aromatic nitrogens is 1. The molecule has 0 aliphatic rings. The van der Waals surface area contributed by atoms with Crippen LogP contribution in [0.4, 0.5) is 0 Å². The van der Waals surface area contributed by atoms with Crippen LogP contribution in [-0.4, -0.2) is 10.1 Å².